The van der Waals surface area contributed by atoms with E-state index in [9.17, 15) is 0 Å². The van der Waals surface area contributed by atoms with Gasteiger partial charge in [0, 0.05) is 0 Å². The molecular weight excluding hydrogens is 175 g/mol. The molecule has 1 aliphatic carbocycles. The average molecular weight is 184 g/mol. The topological polar surface area (TPSA) is 0 Å². The van der Waals surface area contributed by atoms with Crippen molar-refractivity contribution in [2.75, 3.05) is 0 Å². The van der Waals surface area contributed by atoms with Crippen LogP contribution in [0.25, 0.3) is 0 Å². The molecule has 42 valence electrons. The van der Waals surface area contributed by atoms with E-state index in [0.29, 0.717) is 0 Å². The van der Waals surface area contributed by atoms with E-state index in [1.807, 2.05) is 0 Å². The minimum atomic E-state index is 0. The van der Waals surface area contributed by atoms with Gasteiger partial charge in [-0.05, 0) is 0 Å². The van der Waals surface area contributed by atoms with Crippen molar-refractivity contribution < 1.29 is 21.2 Å². The SMILES string of the molecule is CC1=[C]([Rh+2])CC=C1.[H-].[H-]. The minimum Gasteiger partial charge on any atom is -1.00 e. The van der Waals surface area contributed by atoms with Gasteiger partial charge in [-0.25, -0.2) is 0 Å². The smallest absolute Gasteiger partial charge is 1.00 e. The van der Waals surface area contributed by atoms with Crippen molar-refractivity contribution in [1.82, 2.24) is 0 Å². The normalized spacial score (nSPS) is 19.1. The molecule has 0 nitrogen and oxygen atoms in total. The van der Waals surface area contributed by atoms with Crippen molar-refractivity contribution in [3.05, 3.63) is 21.9 Å². The van der Waals surface area contributed by atoms with Gasteiger partial charge in [-0.1, -0.05) is 0 Å². The number of hydrogen-bond acceptors (Lipinski definition) is 0. The van der Waals surface area contributed by atoms with E-state index in [2.05, 4.69) is 37.4 Å². The summed E-state index contributed by atoms with van der Waals surface area (Å²) in [6, 6.07) is 0. The fourth-order valence-corrected chi connectivity index (χ4v) is 0.911. The molecule has 0 saturated carbocycles. The maximum absolute atomic E-state index is 2.91. The Hall–Kier alpha value is 0.103. The Morgan fingerprint density at radius 3 is 2.71 bits per heavy atom. The minimum absolute atomic E-state index is 0. The monoisotopic (exact) mass is 184 g/mol. The van der Waals surface area contributed by atoms with Crippen LogP contribution < -0.4 is 0 Å². The van der Waals surface area contributed by atoms with Crippen LogP contribution in [0.2, 0.25) is 0 Å². The van der Waals surface area contributed by atoms with E-state index in [4.69, 9.17) is 0 Å². The van der Waals surface area contributed by atoms with Crippen molar-refractivity contribution in [1.29, 1.82) is 0 Å². The van der Waals surface area contributed by atoms with Crippen LogP contribution in [0.3, 0.4) is 0 Å². The zero-order valence-corrected chi connectivity index (χ0v) is 5.83. The third-order valence-corrected chi connectivity index (χ3v) is 2.05. The van der Waals surface area contributed by atoms with E-state index in [1.165, 1.54) is 9.74 Å². The summed E-state index contributed by atoms with van der Waals surface area (Å²) in [5.41, 5.74) is 1.40. The van der Waals surface area contributed by atoms with E-state index >= 15 is 0 Å². The summed E-state index contributed by atoms with van der Waals surface area (Å²) in [5.74, 6) is 0. The molecule has 1 heteroatoms. The molecule has 0 saturated heterocycles. The molecule has 0 aromatic rings. The van der Waals surface area contributed by atoms with Gasteiger partial charge in [-0.15, -0.1) is 0 Å². The summed E-state index contributed by atoms with van der Waals surface area (Å²) in [4.78, 5) is 0. The van der Waals surface area contributed by atoms with Crippen LogP contribution in [0.1, 0.15) is 16.2 Å². The first-order chi connectivity index (χ1) is 3.30. The van der Waals surface area contributed by atoms with Crippen molar-refractivity contribution in [3.8, 4) is 0 Å². The second-order valence-electron chi connectivity index (χ2n) is 1.67. The molecular formula is C6H9Rh. The summed E-state index contributed by atoms with van der Waals surface area (Å²) in [6.45, 7) is 2.12. The maximum Gasteiger partial charge on any atom is -1.00 e. The molecule has 0 unspecified atom stereocenters. The Labute approximate surface area is 56.9 Å². The fourth-order valence-electron chi connectivity index (χ4n) is 0.582. The summed E-state index contributed by atoms with van der Waals surface area (Å²) in [5, 5.41) is 0. The third-order valence-electron chi connectivity index (χ3n) is 1.07. The van der Waals surface area contributed by atoms with Gasteiger partial charge >= 0.3 is 53.5 Å². The molecule has 0 aromatic heterocycles. The molecule has 0 N–H and O–H groups in total. The van der Waals surface area contributed by atoms with Crippen LogP contribution >= 0.6 is 0 Å². The van der Waals surface area contributed by atoms with Crippen molar-refractivity contribution in [2.24, 2.45) is 0 Å². The summed E-state index contributed by atoms with van der Waals surface area (Å²) in [7, 11) is 0. The second-order valence-corrected chi connectivity index (χ2v) is 2.66. The van der Waals surface area contributed by atoms with E-state index in [0.717, 1.165) is 6.42 Å². The average Bonchev–Trinajstić information content (AvgIpc) is 1.91. The molecule has 0 amide bonds. The molecule has 1 rings (SSSR count). The third kappa shape index (κ3) is 1.01. The first-order valence-electron chi connectivity index (χ1n) is 2.30. The first-order valence-corrected chi connectivity index (χ1v) is 3.12. The molecule has 0 aliphatic heterocycles. The number of hydrogen-bond donors (Lipinski definition) is 0. The molecule has 0 atom stereocenters. The number of rotatable bonds is 0. The van der Waals surface area contributed by atoms with Crippen LogP contribution in [0.4, 0.5) is 0 Å². The first kappa shape index (κ1) is 5.24. The van der Waals surface area contributed by atoms with Crippen LogP contribution in [0, 0.1) is 0 Å². The quantitative estimate of drug-likeness (QED) is 0.505. The Bertz CT molecular complexity index is 138. The van der Waals surface area contributed by atoms with Crippen molar-refractivity contribution in [2.45, 2.75) is 13.3 Å². The van der Waals surface area contributed by atoms with Crippen LogP contribution in [-0.4, -0.2) is 0 Å². The predicted octanol–water partition coefficient (Wildman–Crippen LogP) is 1.99. The van der Waals surface area contributed by atoms with E-state index < -0.39 is 0 Å². The van der Waals surface area contributed by atoms with Crippen molar-refractivity contribution >= 4 is 0 Å². The van der Waals surface area contributed by atoms with Crippen LogP contribution in [0.5, 0.6) is 0 Å². The standard InChI is InChI=1S/C6H7.Rh.2H/c1-6-4-2-3-5-6;;;/h2,4H,3H2,1H3;;;/q;+2;2*-1. The van der Waals surface area contributed by atoms with Gasteiger partial charge in [0.15, 0.2) is 0 Å². The molecule has 0 spiro atoms. The largest absolute Gasteiger partial charge is 1.00 e. The predicted molar refractivity (Wildman–Crippen MR) is 28.7 cm³/mol. The van der Waals surface area contributed by atoms with Gasteiger partial charge in [-0.3, -0.25) is 0 Å². The van der Waals surface area contributed by atoms with Crippen LogP contribution in [0.15, 0.2) is 21.9 Å². The van der Waals surface area contributed by atoms with E-state index in [1.54, 1.807) is 0 Å². The Morgan fingerprint density at radius 2 is 2.57 bits per heavy atom. The van der Waals surface area contributed by atoms with Gasteiger partial charge in [0.05, 0.1) is 0 Å². The van der Waals surface area contributed by atoms with Crippen molar-refractivity contribution in [3.63, 3.8) is 0 Å². The van der Waals surface area contributed by atoms with Gasteiger partial charge in [0.2, 0.25) is 0 Å². The molecule has 1 aliphatic rings. The molecule has 0 bridgehead atoms. The molecule has 0 aromatic carbocycles. The fraction of sp³-hybridized carbons (Fsp3) is 0.333. The summed E-state index contributed by atoms with van der Waals surface area (Å²) < 4.78 is 1.40. The van der Waals surface area contributed by atoms with Gasteiger partial charge in [-0.2, -0.15) is 0 Å². The van der Waals surface area contributed by atoms with Gasteiger partial charge in [0.25, 0.3) is 0 Å². The second kappa shape index (κ2) is 1.92. The van der Waals surface area contributed by atoms with Crippen LogP contribution in [-0.2, 0) is 18.3 Å². The Kier molecular flexibility index (Phi) is 1.44. The summed E-state index contributed by atoms with van der Waals surface area (Å²) in [6.07, 6.45) is 5.44. The number of allylic oxidation sites excluding steroid dienone is 4. The van der Waals surface area contributed by atoms with Gasteiger partial charge in [0.1, 0.15) is 0 Å². The maximum atomic E-state index is 2.91. The zero-order chi connectivity index (χ0) is 5.28. The molecule has 0 heterocycles. The molecule has 0 radical (unpaired) electrons. The molecule has 7 heavy (non-hydrogen) atoms. The Balaban J connectivity index is 0. The zero-order valence-electron chi connectivity index (χ0n) is 6.20. The van der Waals surface area contributed by atoms with Gasteiger partial charge < -0.3 is 2.85 Å². The van der Waals surface area contributed by atoms with E-state index in [-0.39, 0.29) is 2.85 Å². The summed E-state index contributed by atoms with van der Waals surface area (Å²) >= 11 is 2.91. The molecule has 0 fully saturated rings. The Morgan fingerprint density at radius 1 is 1.86 bits per heavy atom.